The van der Waals surface area contributed by atoms with Crippen molar-refractivity contribution in [3.8, 4) is 11.1 Å². The van der Waals surface area contributed by atoms with E-state index in [0.29, 0.717) is 23.1 Å². The second-order valence-corrected chi connectivity index (χ2v) is 8.15. The van der Waals surface area contributed by atoms with Crippen LogP contribution in [0.4, 0.5) is 0 Å². The third kappa shape index (κ3) is 9.61. The maximum Gasteiger partial charge on any atom is 0.488 e. The van der Waals surface area contributed by atoms with E-state index in [4.69, 9.17) is 20.3 Å². The fourth-order valence-corrected chi connectivity index (χ4v) is 2.94. The lowest BCUT2D eigenvalue weighted by Gasteiger charge is -2.02. The van der Waals surface area contributed by atoms with Crippen molar-refractivity contribution in [2.75, 3.05) is 0 Å². The Morgan fingerprint density at radius 3 is 1.53 bits per heavy atom. The van der Waals surface area contributed by atoms with Gasteiger partial charge in [0.1, 0.15) is 11.4 Å². The molecule has 4 N–H and O–H groups in total. The van der Waals surface area contributed by atoms with E-state index in [2.05, 4.69) is 25.9 Å². The van der Waals surface area contributed by atoms with Gasteiger partial charge in [-0.05, 0) is 56.3 Å². The summed E-state index contributed by atoms with van der Waals surface area (Å²) in [5.74, 6) is 0. The summed E-state index contributed by atoms with van der Waals surface area (Å²) in [7, 11) is -1.43. The molecule has 0 saturated heterocycles. The molecule has 2 heterocycles. The highest BCUT2D eigenvalue weighted by atomic mass is 79.9. The molecule has 10 heteroatoms. The van der Waals surface area contributed by atoms with E-state index >= 15 is 0 Å². The Kier molecular flexibility index (Phi) is 12.3. The monoisotopic (exact) mass is 550 g/mol. The van der Waals surface area contributed by atoms with Crippen LogP contribution < -0.4 is 5.46 Å². The molecule has 184 valence electrons. The number of aldehydes is 2. The van der Waals surface area contributed by atoms with Crippen LogP contribution in [-0.4, -0.2) is 49.9 Å². The minimum atomic E-state index is -1.43. The lowest BCUT2D eigenvalue weighted by molar-refractivity contribution is 0.111. The molecule has 8 nitrogen and oxygen atoms in total. The van der Waals surface area contributed by atoms with Crippen molar-refractivity contribution >= 4 is 41.1 Å². The van der Waals surface area contributed by atoms with E-state index in [0.717, 1.165) is 33.0 Å². The first-order valence-corrected chi connectivity index (χ1v) is 11.4. The lowest BCUT2D eigenvalue weighted by Crippen LogP contribution is -2.29. The van der Waals surface area contributed by atoms with Gasteiger partial charge in [0.2, 0.25) is 0 Å². The number of pyridine rings is 2. The van der Waals surface area contributed by atoms with Gasteiger partial charge in [-0.15, -0.1) is 0 Å². The molecule has 0 amide bonds. The van der Waals surface area contributed by atoms with E-state index in [1.165, 1.54) is 0 Å². The summed E-state index contributed by atoms with van der Waals surface area (Å²) in [5, 5.41) is 34.9. The molecule has 2 aromatic heterocycles. The first-order valence-electron chi connectivity index (χ1n) is 10.6. The van der Waals surface area contributed by atoms with Crippen LogP contribution in [-0.2, 0) is 13.2 Å². The van der Waals surface area contributed by atoms with Crippen LogP contribution in [0.3, 0.4) is 0 Å². The van der Waals surface area contributed by atoms with E-state index in [9.17, 15) is 9.59 Å². The molecule has 36 heavy (non-hydrogen) atoms. The van der Waals surface area contributed by atoms with Crippen LogP contribution in [0.2, 0.25) is 0 Å². The minimum absolute atomic E-state index is 0.0260. The molecule has 0 aliphatic rings. The van der Waals surface area contributed by atoms with Gasteiger partial charge in [0, 0.05) is 22.4 Å². The molecule has 0 fully saturated rings. The van der Waals surface area contributed by atoms with Crippen LogP contribution in [0.1, 0.15) is 32.1 Å². The fourth-order valence-electron chi connectivity index (χ4n) is 2.70. The van der Waals surface area contributed by atoms with E-state index < -0.39 is 7.12 Å². The van der Waals surface area contributed by atoms with Crippen LogP contribution >= 0.6 is 15.9 Å². The Bertz CT molecular complexity index is 1200. The molecule has 0 bridgehead atoms. The molecule has 0 atom stereocenters. The maximum atomic E-state index is 10.4. The Hall–Kier alpha value is -3.54. The summed E-state index contributed by atoms with van der Waals surface area (Å²) >= 11 is 3.20. The predicted octanol–water partition coefficient (Wildman–Crippen LogP) is 2.57. The number of aromatic nitrogens is 2. The number of carbonyl (C=O) groups is 2. The molecule has 0 spiro atoms. The minimum Gasteiger partial charge on any atom is -0.423 e. The van der Waals surface area contributed by atoms with Crippen molar-refractivity contribution < 1.29 is 29.9 Å². The second-order valence-electron chi connectivity index (χ2n) is 7.24. The second kappa shape index (κ2) is 15.5. The van der Waals surface area contributed by atoms with Crippen molar-refractivity contribution in [2.45, 2.75) is 13.2 Å². The third-order valence-electron chi connectivity index (χ3n) is 4.71. The maximum absolute atomic E-state index is 10.4. The Morgan fingerprint density at radius 2 is 1.14 bits per heavy atom. The number of nitrogens with zero attached hydrogens (tertiary/aromatic N) is 2. The average Bonchev–Trinajstić information content (AvgIpc) is 2.94. The van der Waals surface area contributed by atoms with Crippen molar-refractivity contribution in [1.29, 1.82) is 0 Å². The van der Waals surface area contributed by atoms with Gasteiger partial charge in [0.25, 0.3) is 0 Å². The van der Waals surface area contributed by atoms with E-state index in [1.54, 1.807) is 54.9 Å². The van der Waals surface area contributed by atoms with Crippen molar-refractivity contribution in [2.24, 2.45) is 0 Å². The van der Waals surface area contributed by atoms with Crippen LogP contribution in [0, 0.1) is 0 Å². The lowest BCUT2D eigenvalue weighted by atomic mass is 9.80. The summed E-state index contributed by atoms with van der Waals surface area (Å²) in [4.78, 5) is 28.3. The number of hydrogen-bond acceptors (Lipinski definition) is 8. The molecule has 2 aromatic carbocycles. The van der Waals surface area contributed by atoms with Gasteiger partial charge in [-0.3, -0.25) is 19.6 Å². The third-order valence-corrected chi connectivity index (χ3v) is 5.18. The number of halogens is 1. The highest BCUT2D eigenvalue weighted by Crippen LogP contribution is 2.18. The number of rotatable bonds is 6. The van der Waals surface area contributed by atoms with Crippen molar-refractivity contribution in [3.63, 3.8) is 0 Å². The molecule has 4 rings (SSSR count). The van der Waals surface area contributed by atoms with Gasteiger partial charge in [-0.2, -0.15) is 0 Å². The van der Waals surface area contributed by atoms with Crippen LogP contribution in [0.15, 0.2) is 89.7 Å². The summed E-state index contributed by atoms with van der Waals surface area (Å²) < 4.78 is 0.883. The summed E-state index contributed by atoms with van der Waals surface area (Å²) in [6, 6.07) is 21.0. The molecule has 0 radical (unpaired) electrons. The van der Waals surface area contributed by atoms with Gasteiger partial charge in [0.15, 0.2) is 12.6 Å². The van der Waals surface area contributed by atoms with Crippen molar-refractivity contribution in [1.82, 2.24) is 9.97 Å². The predicted molar refractivity (Wildman–Crippen MR) is 140 cm³/mol. The number of aliphatic hydroxyl groups excluding tert-OH is 2. The van der Waals surface area contributed by atoms with Crippen LogP contribution in [0.25, 0.3) is 11.1 Å². The number of hydrogen-bond donors (Lipinski definition) is 4. The number of benzene rings is 2. The zero-order chi connectivity index (χ0) is 26.3. The molecule has 0 aliphatic carbocycles. The molecule has 0 aliphatic heterocycles. The Morgan fingerprint density at radius 1 is 0.667 bits per heavy atom. The molecular weight excluding hydrogens is 527 g/mol. The number of carbonyl (C=O) groups excluding carboxylic acids is 2. The normalized spacial score (nSPS) is 9.69. The molecular formula is C26H24BBrN2O6. The quantitative estimate of drug-likeness (QED) is 0.212. The van der Waals surface area contributed by atoms with Crippen molar-refractivity contribution in [3.05, 3.63) is 112 Å². The first-order chi connectivity index (χ1) is 17.4. The summed E-state index contributed by atoms with van der Waals surface area (Å²) in [6.45, 7) is 0.0183. The van der Waals surface area contributed by atoms with E-state index in [-0.39, 0.29) is 13.2 Å². The van der Waals surface area contributed by atoms with Gasteiger partial charge < -0.3 is 20.3 Å². The zero-order valence-electron chi connectivity index (χ0n) is 19.1. The highest BCUT2D eigenvalue weighted by molar-refractivity contribution is 9.10. The topological polar surface area (TPSA) is 141 Å². The summed E-state index contributed by atoms with van der Waals surface area (Å²) in [6.07, 6.45) is 4.69. The Balaban J connectivity index is 0.000000200. The molecule has 0 saturated carbocycles. The van der Waals surface area contributed by atoms with Gasteiger partial charge in [-0.1, -0.05) is 54.6 Å². The number of aliphatic hydroxyl groups is 2. The fraction of sp³-hybridized carbons (Fsp3) is 0.0769. The highest BCUT2D eigenvalue weighted by Gasteiger charge is 2.09. The first kappa shape index (κ1) is 28.7. The standard InChI is InChI=1S/C13H11NO2.C7H9BO3.C6H4BrNO/c15-8-10-1-3-11(4-2-10)12-5-6-13(9-16)14-7-12;9-5-6-1-3-7(4-2-6)8(10)11;7-5-1-2-6(4-9)8-3-5/h1-7,9,15H,8H2;1-4,9-11H,5H2;1-4H. The van der Waals surface area contributed by atoms with Gasteiger partial charge in [-0.25, -0.2) is 0 Å². The molecule has 0 unspecified atom stereocenters. The zero-order valence-corrected chi connectivity index (χ0v) is 20.7. The van der Waals surface area contributed by atoms with E-state index in [1.807, 2.05) is 30.3 Å². The Labute approximate surface area is 217 Å². The smallest absolute Gasteiger partial charge is 0.423 e. The average molecular weight is 551 g/mol. The summed E-state index contributed by atoms with van der Waals surface area (Å²) in [5.41, 5.74) is 4.92. The SMILES string of the molecule is O=Cc1ccc(-c2ccc(CO)cc2)cn1.O=Cc1ccc(Br)cn1.OCc1ccc(B(O)O)cc1. The van der Waals surface area contributed by atoms with Gasteiger partial charge in [0.05, 0.1) is 13.2 Å². The van der Waals surface area contributed by atoms with Gasteiger partial charge >= 0.3 is 7.12 Å². The van der Waals surface area contributed by atoms with Crippen LogP contribution in [0.5, 0.6) is 0 Å². The molecule has 4 aromatic rings. The largest absolute Gasteiger partial charge is 0.488 e.